The first-order valence-electron chi connectivity index (χ1n) is 9.58. The number of fused-ring (bicyclic) bond motifs is 1. The molecule has 1 aliphatic heterocycles. The van der Waals surface area contributed by atoms with Crippen molar-refractivity contribution in [1.82, 2.24) is 24.5 Å². The summed E-state index contributed by atoms with van der Waals surface area (Å²) in [6.45, 7) is 8.24. The van der Waals surface area contributed by atoms with Crippen LogP contribution in [-0.2, 0) is 0 Å². The SMILES string of the molecule is CO.CSN1CCN(c2cc(-c3n[nH]c4ccc(C=C(C)C)cc34)ncn2)CC1. The lowest BCUT2D eigenvalue weighted by atomic mass is 10.1. The highest BCUT2D eigenvalue weighted by atomic mass is 32.2. The summed E-state index contributed by atoms with van der Waals surface area (Å²) < 4.78 is 2.38. The molecule has 8 heteroatoms. The molecule has 1 aromatic carbocycles. The van der Waals surface area contributed by atoms with E-state index in [1.165, 1.54) is 11.1 Å². The van der Waals surface area contributed by atoms with Crippen molar-refractivity contribution in [2.24, 2.45) is 0 Å². The maximum Gasteiger partial charge on any atom is 0.132 e. The fraction of sp³-hybridized carbons (Fsp3) is 0.381. The summed E-state index contributed by atoms with van der Waals surface area (Å²) >= 11 is 1.81. The number of hydrogen-bond donors (Lipinski definition) is 2. The Morgan fingerprint density at radius 1 is 1.10 bits per heavy atom. The minimum absolute atomic E-state index is 0.855. The van der Waals surface area contributed by atoms with Gasteiger partial charge in [-0.25, -0.2) is 14.3 Å². The summed E-state index contributed by atoms with van der Waals surface area (Å²) in [5.74, 6) is 0.970. The zero-order chi connectivity index (χ0) is 20.8. The maximum atomic E-state index is 7.00. The second-order valence-electron chi connectivity index (χ2n) is 6.96. The number of aliphatic hydroxyl groups is 1. The van der Waals surface area contributed by atoms with E-state index < -0.39 is 0 Å². The molecule has 3 heterocycles. The van der Waals surface area contributed by atoms with Gasteiger partial charge in [0.05, 0.1) is 11.2 Å². The van der Waals surface area contributed by atoms with E-state index in [1.54, 1.807) is 18.3 Å². The Balaban J connectivity index is 0.00000117. The molecular weight excluding hydrogens is 384 g/mol. The van der Waals surface area contributed by atoms with Crippen LogP contribution in [0.5, 0.6) is 0 Å². The number of hydrogen-bond acceptors (Lipinski definition) is 7. The normalized spacial score (nSPS) is 14.4. The van der Waals surface area contributed by atoms with Crippen molar-refractivity contribution in [2.75, 3.05) is 44.4 Å². The predicted octanol–water partition coefficient (Wildman–Crippen LogP) is 3.45. The first-order chi connectivity index (χ1) is 14.1. The lowest BCUT2D eigenvalue weighted by molar-refractivity contribution is 0.399. The molecule has 0 amide bonds. The average Bonchev–Trinajstić information content (AvgIpc) is 3.18. The Bertz CT molecular complexity index is 974. The predicted molar refractivity (Wildman–Crippen MR) is 122 cm³/mol. The Kier molecular flexibility index (Phi) is 7.24. The van der Waals surface area contributed by atoms with Crippen LogP contribution in [0.3, 0.4) is 0 Å². The van der Waals surface area contributed by atoms with Crippen LogP contribution < -0.4 is 4.90 Å². The van der Waals surface area contributed by atoms with Gasteiger partial charge in [0.25, 0.3) is 0 Å². The number of benzene rings is 1. The van der Waals surface area contributed by atoms with E-state index in [1.807, 2.05) is 0 Å². The van der Waals surface area contributed by atoms with Gasteiger partial charge in [-0.2, -0.15) is 5.10 Å². The number of nitrogens with zero attached hydrogens (tertiary/aromatic N) is 5. The van der Waals surface area contributed by atoms with Gasteiger partial charge in [0, 0.05) is 44.7 Å². The molecule has 7 nitrogen and oxygen atoms in total. The second kappa shape index (κ2) is 9.87. The van der Waals surface area contributed by atoms with Crippen molar-refractivity contribution in [3.8, 4) is 11.4 Å². The number of H-pyrrole nitrogens is 1. The first kappa shape index (κ1) is 21.3. The first-order valence-corrected chi connectivity index (χ1v) is 10.8. The number of piperazine rings is 1. The molecule has 0 unspecified atom stereocenters. The van der Waals surface area contributed by atoms with Gasteiger partial charge in [-0.05, 0) is 37.8 Å². The number of aromatic nitrogens is 4. The average molecular weight is 413 g/mol. The van der Waals surface area contributed by atoms with Crippen LogP contribution in [0, 0.1) is 0 Å². The summed E-state index contributed by atoms with van der Waals surface area (Å²) in [6, 6.07) is 8.40. The molecule has 0 saturated carbocycles. The second-order valence-corrected chi connectivity index (χ2v) is 7.84. The van der Waals surface area contributed by atoms with Gasteiger partial charge in [0.15, 0.2) is 0 Å². The summed E-state index contributed by atoms with van der Waals surface area (Å²) in [6.07, 6.45) is 5.95. The van der Waals surface area contributed by atoms with Crippen molar-refractivity contribution in [3.63, 3.8) is 0 Å². The highest BCUT2D eigenvalue weighted by molar-refractivity contribution is 7.96. The van der Waals surface area contributed by atoms with Crippen molar-refractivity contribution in [2.45, 2.75) is 13.8 Å². The van der Waals surface area contributed by atoms with Crippen LogP contribution in [-0.4, -0.2) is 69.1 Å². The van der Waals surface area contributed by atoms with E-state index in [-0.39, 0.29) is 0 Å². The Morgan fingerprint density at radius 2 is 1.86 bits per heavy atom. The number of allylic oxidation sites excluding steroid dienone is 1. The van der Waals surface area contributed by atoms with Crippen molar-refractivity contribution in [3.05, 3.63) is 41.7 Å². The van der Waals surface area contributed by atoms with Gasteiger partial charge >= 0.3 is 0 Å². The van der Waals surface area contributed by atoms with Crippen LogP contribution >= 0.6 is 11.9 Å². The molecule has 2 N–H and O–H groups in total. The van der Waals surface area contributed by atoms with E-state index in [9.17, 15) is 0 Å². The van der Waals surface area contributed by atoms with Gasteiger partial charge in [-0.1, -0.05) is 29.7 Å². The molecule has 2 aromatic heterocycles. The maximum absolute atomic E-state index is 7.00. The minimum Gasteiger partial charge on any atom is -0.400 e. The molecule has 0 bridgehead atoms. The molecule has 0 radical (unpaired) electrons. The lowest BCUT2D eigenvalue weighted by Gasteiger charge is -2.33. The van der Waals surface area contributed by atoms with Crippen molar-refractivity contribution < 1.29 is 5.11 Å². The Morgan fingerprint density at radius 3 is 2.55 bits per heavy atom. The molecule has 0 spiro atoms. The minimum atomic E-state index is 0.855. The number of rotatable bonds is 4. The standard InChI is InChI=1S/C20H24N6S.CH4O/c1-14(2)10-15-4-5-17-16(11-15)20(24-23-17)18-12-19(22-13-21-18)25-6-8-26(27-3)9-7-25;1-2/h4-5,10-13H,6-9H2,1-3H3,(H,23,24);2H,1H3. The van der Waals surface area contributed by atoms with Gasteiger partial charge in [0.2, 0.25) is 0 Å². The molecule has 4 rings (SSSR count). The van der Waals surface area contributed by atoms with E-state index in [4.69, 9.17) is 5.11 Å². The molecular formula is C21H28N6OS. The van der Waals surface area contributed by atoms with E-state index in [2.05, 4.69) is 79.8 Å². The van der Waals surface area contributed by atoms with Crippen LogP contribution in [0.4, 0.5) is 5.82 Å². The van der Waals surface area contributed by atoms with E-state index in [0.717, 1.165) is 61.4 Å². The monoisotopic (exact) mass is 412 g/mol. The van der Waals surface area contributed by atoms with Gasteiger partial charge < -0.3 is 10.0 Å². The van der Waals surface area contributed by atoms with Crippen molar-refractivity contribution in [1.29, 1.82) is 0 Å². The highest BCUT2D eigenvalue weighted by Crippen LogP contribution is 2.28. The lowest BCUT2D eigenvalue weighted by Crippen LogP contribution is -2.43. The molecule has 0 aliphatic carbocycles. The zero-order valence-corrected chi connectivity index (χ0v) is 18.2. The molecule has 29 heavy (non-hydrogen) atoms. The van der Waals surface area contributed by atoms with E-state index in [0.29, 0.717) is 0 Å². The van der Waals surface area contributed by atoms with Gasteiger partial charge in [-0.15, -0.1) is 0 Å². The third kappa shape index (κ3) is 4.95. The fourth-order valence-corrected chi connectivity index (χ4v) is 3.93. The zero-order valence-electron chi connectivity index (χ0n) is 17.4. The Hall–Kier alpha value is -2.42. The van der Waals surface area contributed by atoms with E-state index >= 15 is 0 Å². The van der Waals surface area contributed by atoms with Crippen LogP contribution in [0.2, 0.25) is 0 Å². The number of aromatic amines is 1. The molecule has 0 atom stereocenters. The van der Waals surface area contributed by atoms with Crippen LogP contribution in [0.1, 0.15) is 19.4 Å². The number of anilines is 1. The van der Waals surface area contributed by atoms with Crippen molar-refractivity contribution >= 4 is 34.7 Å². The molecule has 1 saturated heterocycles. The molecule has 154 valence electrons. The third-order valence-corrected chi connectivity index (χ3v) is 5.64. The quantitative estimate of drug-likeness (QED) is 0.635. The van der Waals surface area contributed by atoms with Gasteiger partial charge in [0.1, 0.15) is 17.8 Å². The smallest absolute Gasteiger partial charge is 0.132 e. The molecule has 1 fully saturated rings. The topological polar surface area (TPSA) is 81.2 Å². The highest BCUT2D eigenvalue weighted by Gasteiger charge is 2.19. The fourth-order valence-electron chi connectivity index (χ4n) is 3.40. The third-order valence-electron chi connectivity index (χ3n) is 4.76. The molecule has 1 aliphatic rings. The summed E-state index contributed by atoms with van der Waals surface area (Å²) in [7, 11) is 1.00. The number of nitrogens with one attached hydrogen (secondary N) is 1. The summed E-state index contributed by atoms with van der Waals surface area (Å²) in [5.41, 5.74) is 5.19. The van der Waals surface area contributed by atoms with Crippen LogP contribution in [0.25, 0.3) is 28.4 Å². The molecule has 3 aromatic rings. The summed E-state index contributed by atoms with van der Waals surface area (Å²) in [4.78, 5) is 11.3. The van der Waals surface area contributed by atoms with Crippen LogP contribution in [0.15, 0.2) is 36.2 Å². The largest absolute Gasteiger partial charge is 0.400 e. The Labute approximate surface area is 176 Å². The number of aliphatic hydroxyl groups excluding tert-OH is 1. The van der Waals surface area contributed by atoms with Gasteiger partial charge in [-0.3, -0.25) is 5.10 Å². The summed E-state index contributed by atoms with van der Waals surface area (Å²) in [5, 5.41) is 15.7.